The van der Waals surface area contributed by atoms with Crippen molar-refractivity contribution < 1.29 is 70.3 Å². The van der Waals surface area contributed by atoms with Crippen LogP contribution in [0, 0.1) is 13.8 Å². The maximum Gasteiger partial charge on any atom is 0.343 e. The first-order chi connectivity index (χ1) is 45.5. The van der Waals surface area contributed by atoms with Crippen LogP contribution in [-0.4, -0.2) is 69.8 Å². The first-order valence-corrected chi connectivity index (χ1v) is 32.9. The molecule has 484 valence electrons. The molecule has 0 spiro atoms. The average molecular weight is 1330 g/mol. The summed E-state index contributed by atoms with van der Waals surface area (Å²) in [5.74, 6) is -0.592. The average Bonchev–Trinajstić information content (AvgIpc) is 0.725. The molecule has 0 saturated heterocycles. The topological polar surface area (TPSA) is 269 Å². The number of ether oxygens (including phenoxy) is 8. The van der Waals surface area contributed by atoms with Crippen LogP contribution < -0.4 is 49.3 Å². The summed E-state index contributed by atoms with van der Waals surface area (Å²) in [4.78, 5) is 65.3. The number of carbonyl (C=O) groups is 5. The highest BCUT2D eigenvalue weighted by atomic mass is 32.2. The van der Waals surface area contributed by atoms with Gasteiger partial charge >= 0.3 is 23.9 Å². The van der Waals surface area contributed by atoms with E-state index in [1.807, 2.05) is 13.8 Å². The SMILES string of the molecule is C=CC(=O)OCCCCCCOc1ccc(C(=O)Oc2ccc(Oc3cc(NS(=O)c4ccc(C)cc4)c4c(c3N)C(=P)c3c(N)c(Oc5ccc(OC(=O)c6ccc(OCCCCCCOC(=O)C=C)cc6)cc5)cc(NS(=O)c5ccc(C)cc5)c3C4=O)cc2)cc1. The van der Waals surface area contributed by atoms with Crippen LogP contribution in [0.2, 0.25) is 0 Å². The summed E-state index contributed by atoms with van der Waals surface area (Å²) in [5.41, 5.74) is 16.9. The molecule has 1 aliphatic rings. The van der Waals surface area contributed by atoms with Crippen molar-refractivity contribution in [3.05, 3.63) is 228 Å². The van der Waals surface area contributed by atoms with Gasteiger partial charge in [-0.2, -0.15) is 0 Å². The molecule has 0 saturated carbocycles. The Balaban J connectivity index is 0.932. The first kappa shape index (κ1) is 68.0. The third kappa shape index (κ3) is 18.0. The molecule has 22 heteroatoms. The summed E-state index contributed by atoms with van der Waals surface area (Å²) in [6, 6.07) is 42.5. The van der Waals surface area contributed by atoms with E-state index in [0.717, 1.165) is 74.6 Å². The molecule has 1 aliphatic carbocycles. The number of nitrogens with one attached hydrogen (secondary N) is 2. The van der Waals surface area contributed by atoms with Crippen molar-refractivity contribution in [1.29, 1.82) is 0 Å². The highest BCUT2D eigenvalue weighted by Crippen LogP contribution is 2.49. The van der Waals surface area contributed by atoms with Gasteiger partial charge in [0.25, 0.3) is 0 Å². The first-order valence-electron chi connectivity index (χ1n) is 30.1. The van der Waals surface area contributed by atoms with Gasteiger partial charge in [-0.3, -0.25) is 4.79 Å². The lowest BCUT2D eigenvalue weighted by atomic mass is 9.81. The molecule has 8 aromatic carbocycles. The van der Waals surface area contributed by atoms with Crippen molar-refractivity contribution in [2.45, 2.75) is 75.0 Å². The normalized spacial score (nSPS) is 12.0. The number of nitrogen functional groups attached to an aromatic ring is 2. The van der Waals surface area contributed by atoms with Gasteiger partial charge in [0.05, 0.1) is 81.2 Å². The van der Waals surface area contributed by atoms with E-state index in [4.69, 9.17) is 49.4 Å². The second-order valence-corrected chi connectivity index (χ2v) is 24.4. The fourth-order valence-electron chi connectivity index (χ4n) is 9.63. The fourth-order valence-corrected chi connectivity index (χ4v) is 11.9. The molecular formula is C72H69N4O15PS2. The van der Waals surface area contributed by atoms with Gasteiger partial charge in [0.2, 0.25) is 0 Å². The lowest BCUT2D eigenvalue weighted by molar-refractivity contribution is -0.138. The number of fused-ring (bicyclic) bond motifs is 2. The van der Waals surface area contributed by atoms with Crippen LogP contribution >= 0.6 is 8.86 Å². The smallest absolute Gasteiger partial charge is 0.343 e. The van der Waals surface area contributed by atoms with E-state index in [0.29, 0.717) is 47.7 Å². The molecule has 0 bridgehead atoms. The standard InChI is InChI=1S/C72H69N4O15PS2/c1-5-61(77)86-41-13-9-7-11-39-84-49-23-19-47(20-24-49)71(80)90-53-31-27-51(28-32-53)88-59-43-57(75-93(82)55-35-15-45(3)16-36-55)63-65(67(59)73)70(92)66-64(69(63)79)58(76-94(83)56-37-17-46(4)18-38-56)44-60(68(66)74)89-52-29-33-54(34-30-52)91-72(81)48-21-25-50(26-22-48)85-40-12-8-10-14-42-87-62(78)6-2/h5-6,15-38,43-44,75-76,92H,1-2,7-14,39-42,73-74H2,3-4H3. The second kappa shape index (κ2) is 32.8. The van der Waals surface area contributed by atoms with E-state index >= 15 is 4.79 Å². The molecule has 0 radical (unpaired) electrons. The Hall–Kier alpha value is -10.3. The second-order valence-electron chi connectivity index (χ2n) is 21.5. The Kier molecular flexibility index (Phi) is 23.7. The van der Waals surface area contributed by atoms with Crippen molar-refractivity contribution in [2.75, 3.05) is 47.3 Å². The minimum atomic E-state index is -1.95. The molecule has 2 unspecified atom stereocenters. The van der Waals surface area contributed by atoms with Gasteiger partial charge in [0.15, 0.2) is 17.3 Å². The van der Waals surface area contributed by atoms with Gasteiger partial charge < -0.3 is 58.8 Å². The lowest BCUT2D eigenvalue weighted by Gasteiger charge is -2.29. The van der Waals surface area contributed by atoms with Crippen LogP contribution in [0.5, 0.6) is 46.0 Å². The maximum absolute atomic E-state index is 15.6. The molecule has 0 heterocycles. The van der Waals surface area contributed by atoms with Gasteiger partial charge in [0.1, 0.15) is 56.5 Å². The number of hydrogen-bond acceptors (Lipinski definition) is 17. The molecule has 0 amide bonds. The summed E-state index contributed by atoms with van der Waals surface area (Å²) in [6.45, 7) is 12.2. The van der Waals surface area contributed by atoms with E-state index in [9.17, 15) is 27.6 Å². The summed E-state index contributed by atoms with van der Waals surface area (Å²) >= 11 is 0. The summed E-state index contributed by atoms with van der Waals surface area (Å²) in [7, 11) is -0.0549. The number of carbonyl (C=O) groups excluding carboxylic acids is 5. The van der Waals surface area contributed by atoms with Gasteiger partial charge in [-0.1, -0.05) is 48.6 Å². The molecule has 19 nitrogen and oxygen atoms in total. The van der Waals surface area contributed by atoms with Crippen LogP contribution in [0.1, 0.15) is 110 Å². The van der Waals surface area contributed by atoms with E-state index in [1.165, 1.54) is 36.4 Å². The quantitative estimate of drug-likeness (QED) is 0.00762. The lowest BCUT2D eigenvalue weighted by Crippen LogP contribution is -2.27. The third-order valence-electron chi connectivity index (χ3n) is 14.6. The number of unbranched alkanes of at least 4 members (excludes halogenated alkanes) is 6. The number of esters is 4. The Labute approximate surface area is 551 Å². The van der Waals surface area contributed by atoms with Crippen LogP contribution in [0.3, 0.4) is 0 Å². The van der Waals surface area contributed by atoms with Crippen molar-refractivity contribution in [3.63, 3.8) is 0 Å². The molecule has 0 aliphatic heterocycles. The number of nitrogens with two attached hydrogens (primary N) is 2. The number of hydrogen-bond donors (Lipinski definition) is 4. The summed E-state index contributed by atoms with van der Waals surface area (Å²) < 4.78 is 80.6. The summed E-state index contributed by atoms with van der Waals surface area (Å²) in [5, 5.41) is 0.197. The zero-order chi connectivity index (χ0) is 66.7. The Morgan fingerprint density at radius 3 is 1.14 bits per heavy atom. The van der Waals surface area contributed by atoms with E-state index in [-0.39, 0.29) is 95.9 Å². The number of aryl methyl sites for hydroxylation is 2. The van der Waals surface area contributed by atoms with Crippen molar-refractivity contribution in [3.8, 4) is 46.0 Å². The monoisotopic (exact) mass is 1320 g/mol. The summed E-state index contributed by atoms with van der Waals surface area (Å²) in [6.07, 6.45) is 8.89. The number of rotatable bonds is 32. The molecular weight excluding hydrogens is 1260 g/mol. The molecule has 6 N–H and O–H groups in total. The largest absolute Gasteiger partial charge is 0.494 e. The highest BCUT2D eigenvalue weighted by molar-refractivity contribution is 7.86. The Bertz CT molecular complexity index is 3880. The highest BCUT2D eigenvalue weighted by Gasteiger charge is 2.38. The maximum atomic E-state index is 15.6. The van der Waals surface area contributed by atoms with Gasteiger partial charge in [-0.25, -0.2) is 27.6 Å². The van der Waals surface area contributed by atoms with Crippen molar-refractivity contribution in [2.24, 2.45) is 0 Å². The van der Waals surface area contributed by atoms with Gasteiger partial charge in [-0.05, 0) is 187 Å². The van der Waals surface area contributed by atoms with Gasteiger partial charge in [0, 0.05) is 40.7 Å². The molecule has 2 atom stereocenters. The molecule has 9 rings (SSSR count). The molecule has 94 heavy (non-hydrogen) atoms. The third-order valence-corrected chi connectivity index (χ3v) is 17.3. The van der Waals surface area contributed by atoms with Crippen LogP contribution in [0.25, 0.3) is 0 Å². The van der Waals surface area contributed by atoms with Gasteiger partial charge in [-0.15, -0.1) is 8.86 Å². The van der Waals surface area contributed by atoms with E-state index < -0.39 is 51.6 Å². The number of benzene rings is 8. The number of ketones is 1. The van der Waals surface area contributed by atoms with E-state index in [2.05, 4.69) is 31.5 Å². The Morgan fingerprint density at radius 1 is 0.457 bits per heavy atom. The number of anilines is 4. The minimum absolute atomic E-state index is 0.0147. The van der Waals surface area contributed by atoms with E-state index in [1.54, 1.807) is 121 Å². The fraction of sp³-hybridized carbons (Fsp3) is 0.194. The predicted molar refractivity (Wildman–Crippen MR) is 365 cm³/mol. The zero-order valence-corrected chi connectivity index (χ0v) is 54.3. The van der Waals surface area contributed by atoms with Crippen molar-refractivity contribution >= 4 is 88.5 Å². The van der Waals surface area contributed by atoms with Crippen molar-refractivity contribution in [1.82, 2.24) is 0 Å². The van der Waals surface area contributed by atoms with Crippen LogP contribution in [0.4, 0.5) is 22.7 Å². The minimum Gasteiger partial charge on any atom is -0.494 e. The zero-order valence-electron chi connectivity index (χ0n) is 51.7. The molecule has 0 fully saturated rings. The van der Waals surface area contributed by atoms with Crippen LogP contribution in [-0.2, 0) is 41.0 Å². The molecule has 8 aromatic rings. The Morgan fingerprint density at radius 2 is 0.787 bits per heavy atom. The molecule has 0 aromatic heterocycles. The predicted octanol–water partition coefficient (Wildman–Crippen LogP) is 14.4. The van der Waals surface area contributed by atoms with Crippen LogP contribution in [0.15, 0.2) is 193 Å².